The van der Waals surface area contributed by atoms with Crippen LogP contribution in [0.1, 0.15) is 5.56 Å². The van der Waals surface area contributed by atoms with Crippen LogP contribution in [0.4, 0.5) is 0 Å². The third kappa shape index (κ3) is 3.16. The minimum atomic E-state index is -3.46. The van der Waals surface area contributed by atoms with Gasteiger partial charge in [0.05, 0.1) is 4.90 Å². The molecular formula is C10H13NO3S. The molecule has 0 aliphatic heterocycles. The Bertz CT molecular complexity index is 422. The van der Waals surface area contributed by atoms with Crippen molar-refractivity contribution in [1.82, 2.24) is 4.72 Å². The summed E-state index contributed by atoms with van der Waals surface area (Å²) in [6.45, 7) is 3.55. The normalized spacial score (nSPS) is 11.3. The SMILES string of the molecule is C=Cc1ccc(S(=O)(=O)NCOC)cc1. The lowest BCUT2D eigenvalue weighted by atomic mass is 10.2. The Kier molecular flexibility index (Phi) is 4.02. The van der Waals surface area contributed by atoms with E-state index < -0.39 is 10.0 Å². The zero-order valence-electron chi connectivity index (χ0n) is 8.43. The van der Waals surface area contributed by atoms with Crippen LogP contribution in [-0.2, 0) is 14.8 Å². The number of methoxy groups -OCH3 is 1. The lowest BCUT2D eigenvalue weighted by Gasteiger charge is -2.05. The predicted molar refractivity (Wildman–Crippen MR) is 58.7 cm³/mol. The average molecular weight is 227 g/mol. The maximum absolute atomic E-state index is 11.6. The zero-order chi connectivity index (χ0) is 11.3. The van der Waals surface area contributed by atoms with Crippen LogP contribution in [0.15, 0.2) is 35.7 Å². The van der Waals surface area contributed by atoms with E-state index in [9.17, 15) is 8.42 Å². The van der Waals surface area contributed by atoms with Crippen LogP contribution in [0.5, 0.6) is 0 Å². The minimum absolute atomic E-state index is 0.0362. The number of rotatable bonds is 5. The Hall–Kier alpha value is -1.17. The fourth-order valence-electron chi connectivity index (χ4n) is 1.00. The largest absolute Gasteiger partial charge is 0.369 e. The number of ether oxygens (including phenoxy) is 1. The Morgan fingerprint density at radius 2 is 2.00 bits per heavy atom. The molecule has 0 atom stereocenters. The molecule has 0 radical (unpaired) electrons. The monoisotopic (exact) mass is 227 g/mol. The van der Waals surface area contributed by atoms with Gasteiger partial charge in [0.2, 0.25) is 10.0 Å². The van der Waals surface area contributed by atoms with Gasteiger partial charge < -0.3 is 4.74 Å². The van der Waals surface area contributed by atoms with Gasteiger partial charge >= 0.3 is 0 Å². The van der Waals surface area contributed by atoms with Crippen molar-refractivity contribution >= 4 is 16.1 Å². The Morgan fingerprint density at radius 1 is 1.40 bits per heavy atom. The first-order valence-electron chi connectivity index (χ1n) is 4.31. The number of sulfonamides is 1. The summed E-state index contributed by atoms with van der Waals surface area (Å²) in [6, 6.07) is 6.42. The first kappa shape index (κ1) is 11.9. The number of benzene rings is 1. The summed E-state index contributed by atoms with van der Waals surface area (Å²) in [6.07, 6.45) is 1.65. The van der Waals surface area contributed by atoms with Crippen molar-refractivity contribution in [3.8, 4) is 0 Å². The van der Waals surface area contributed by atoms with E-state index in [4.69, 9.17) is 0 Å². The van der Waals surface area contributed by atoms with Gasteiger partial charge in [-0.2, -0.15) is 4.72 Å². The van der Waals surface area contributed by atoms with Crippen LogP contribution in [0.2, 0.25) is 0 Å². The van der Waals surface area contributed by atoms with Gasteiger partial charge in [-0.1, -0.05) is 24.8 Å². The van der Waals surface area contributed by atoms with Crippen molar-refractivity contribution in [1.29, 1.82) is 0 Å². The molecule has 0 aliphatic rings. The number of nitrogens with one attached hydrogen (secondary N) is 1. The summed E-state index contributed by atoms with van der Waals surface area (Å²) < 4.78 is 30.1. The van der Waals surface area contributed by atoms with Crippen LogP contribution in [0, 0.1) is 0 Å². The lowest BCUT2D eigenvalue weighted by molar-refractivity contribution is 0.194. The third-order valence-corrected chi connectivity index (χ3v) is 3.21. The van der Waals surface area contributed by atoms with Crippen molar-refractivity contribution < 1.29 is 13.2 Å². The third-order valence-electron chi connectivity index (χ3n) is 1.82. The van der Waals surface area contributed by atoms with Crippen LogP contribution in [0.3, 0.4) is 0 Å². The molecule has 4 nitrogen and oxygen atoms in total. The van der Waals surface area contributed by atoms with E-state index in [1.807, 2.05) is 0 Å². The van der Waals surface area contributed by atoms with Crippen molar-refractivity contribution in [2.24, 2.45) is 0 Å². The highest BCUT2D eigenvalue weighted by Gasteiger charge is 2.12. The van der Waals surface area contributed by atoms with Crippen molar-refractivity contribution in [3.63, 3.8) is 0 Å². The summed E-state index contributed by atoms with van der Waals surface area (Å²) in [5, 5.41) is 0. The van der Waals surface area contributed by atoms with Gasteiger partial charge in [0.25, 0.3) is 0 Å². The molecule has 0 amide bonds. The fraction of sp³-hybridized carbons (Fsp3) is 0.200. The molecule has 0 saturated heterocycles. The lowest BCUT2D eigenvalue weighted by Crippen LogP contribution is -2.25. The molecule has 15 heavy (non-hydrogen) atoms. The summed E-state index contributed by atoms with van der Waals surface area (Å²) in [5.41, 5.74) is 0.876. The van der Waals surface area contributed by atoms with E-state index in [0.29, 0.717) is 0 Å². The molecule has 0 aliphatic carbocycles. The highest BCUT2D eigenvalue weighted by molar-refractivity contribution is 7.89. The summed E-state index contributed by atoms with van der Waals surface area (Å²) in [4.78, 5) is 0.213. The molecule has 0 saturated carbocycles. The molecule has 0 bridgehead atoms. The molecule has 0 unspecified atom stereocenters. The first-order chi connectivity index (χ1) is 7.10. The molecule has 1 aromatic carbocycles. The van der Waals surface area contributed by atoms with Crippen molar-refractivity contribution in [2.45, 2.75) is 4.90 Å². The highest BCUT2D eigenvalue weighted by Crippen LogP contribution is 2.10. The van der Waals surface area contributed by atoms with E-state index in [1.165, 1.54) is 19.2 Å². The number of hydrogen-bond donors (Lipinski definition) is 1. The second-order valence-electron chi connectivity index (χ2n) is 2.85. The molecule has 5 heteroatoms. The molecule has 0 aromatic heterocycles. The van der Waals surface area contributed by atoms with Gasteiger partial charge in [0, 0.05) is 7.11 Å². The van der Waals surface area contributed by atoms with E-state index >= 15 is 0 Å². The van der Waals surface area contributed by atoms with Gasteiger partial charge in [-0.15, -0.1) is 0 Å². The van der Waals surface area contributed by atoms with Gasteiger partial charge in [0.15, 0.2) is 0 Å². The van der Waals surface area contributed by atoms with E-state index in [2.05, 4.69) is 16.0 Å². The smallest absolute Gasteiger partial charge is 0.242 e. The Labute approximate surface area is 89.6 Å². The molecule has 1 aromatic rings. The summed E-state index contributed by atoms with van der Waals surface area (Å²) in [7, 11) is -2.04. The molecule has 0 heterocycles. The topological polar surface area (TPSA) is 55.4 Å². The standard InChI is InChI=1S/C10H13NO3S/c1-3-9-4-6-10(7-5-9)15(12,13)11-8-14-2/h3-7,11H,1,8H2,2H3. The van der Waals surface area contributed by atoms with Crippen LogP contribution in [-0.4, -0.2) is 22.3 Å². The number of hydrogen-bond acceptors (Lipinski definition) is 3. The molecule has 82 valence electrons. The Balaban J connectivity index is 2.90. The van der Waals surface area contributed by atoms with E-state index in [-0.39, 0.29) is 11.6 Å². The predicted octanol–water partition coefficient (Wildman–Crippen LogP) is 1.21. The molecule has 1 rings (SSSR count). The van der Waals surface area contributed by atoms with Crippen molar-refractivity contribution in [3.05, 3.63) is 36.4 Å². The highest BCUT2D eigenvalue weighted by atomic mass is 32.2. The molecular weight excluding hydrogens is 214 g/mol. The average Bonchev–Trinajstić information content (AvgIpc) is 2.26. The molecule has 0 spiro atoms. The minimum Gasteiger partial charge on any atom is -0.369 e. The van der Waals surface area contributed by atoms with Crippen LogP contribution >= 0.6 is 0 Å². The van der Waals surface area contributed by atoms with Crippen LogP contribution < -0.4 is 4.72 Å². The van der Waals surface area contributed by atoms with Gasteiger partial charge in [-0.05, 0) is 17.7 Å². The summed E-state index contributed by atoms with van der Waals surface area (Å²) >= 11 is 0. The van der Waals surface area contributed by atoms with Gasteiger partial charge in [-0.3, -0.25) is 0 Å². The quantitative estimate of drug-likeness (QED) is 0.769. The second kappa shape index (κ2) is 5.06. The first-order valence-corrected chi connectivity index (χ1v) is 5.79. The Morgan fingerprint density at radius 3 is 2.47 bits per heavy atom. The van der Waals surface area contributed by atoms with Crippen molar-refractivity contribution in [2.75, 3.05) is 13.8 Å². The second-order valence-corrected chi connectivity index (χ2v) is 4.62. The zero-order valence-corrected chi connectivity index (χ0v) is 9.25. The van der Waals surface area contributed by atoms with E-state index in [1.54, 1.807) is 18.2 Å². The molecule has 1 N–H and O–H groups in total. The van der Waals surface area contributed by atoms with Gasteiger partial charge in [-0.25, -0.2) is 8.42 Å². The summed E-state index contributed by atoms with van der Waals surface area (Å²) in [5.74, 6) is 0. The fourth-order valence-corrected chi connectivity index (χ4v) is 1.94. The van der Waals surface area contributed by atoms with Gasteiger partial charge in [0.1, 0.15) is 6.73 Å². The molecule has 0 fully saturated rings. The van der Waals surface area contributed by atoms with E-state index in [0.717, 1.165) is 5.56 Å². The van der Waals surface area contributed by atoms with Crippen LogP contribution in [0.25, 0.3) is 6.08 Å². The maximum Gasteiger partial charge on any atom is 0.242 e. The maximum atomic E-state index is 11.6.